The SMILES string of the molecule is CCC(CC)NS(=O)(=O)c1cc(C)ccc1C. The number of hydrogen-bond donors (Lipinski definition) is 1. The largest absolute Gasteiger partial charge is 0.241 e. The summed E-state index contributed by atoms with van der Waals surface area (Å²) in [6.07, 6.45) is 1.61. The number of aryl methyl sites for hydroxylation is 2. The van der Waals surface area contributed by atoms with Gasteiger partial charge in [-0.1, -0.05) is 26.0 Å². The summed E-state index contributed by atoms with van der Waals surface area (Å²) in [5.41, 5.74) is 1.74. The average molecular weight is 255 g/mol. The molecule has 0 heterocycles. The van der Waals surface area contributed by atoms with Gasteiger partial charge in [-0.2, -0.15) is 0 Å². The molecule has 17 heavy (non-hydrogen) atoms. The van der Waals surface area contributed by atoms with E-state index in [1.165, 1.54) is 0 Å². The Morgan fingerprint density at radius 3 is 2.29 bits per heavy atom. The van der Waals surface area contributed by atoms with Gasteiger partial charge in [0.2, 0.25) is 10.0 Å². The highest BCUT2D eigenvalue weighted by atomic mass is 32.2. The van der Waals surface area contributed by atoms with Crippen molar-refractivity contribution in [1.29, 1.82) is 0 Å². The van der Waals surface area contributed by atoms with Crippen LogP contribution in [0.3, 0.4) is 0 Å². The Labute approximate surface area is 104 Å². The van der Waals surface area contributed by atoms with Gasteiger partial charge in [-0.05, 0) is 43.9 Å². The van der Waals surface area contributed by atoms with Crippen molar-refractivity contribution in [3.63, 3.8) is 0 Å². The van der Waals surface area contributed by atoms with E-state index in [1.54, 1.807) is 6.07 Å². The van der Waals surface area contributed by atoms with E-state index in [-0.39, 0.29) is 6.04 Å². The molecule has 0 aromatic heterocycles. The first-order valence-electron chi connectivity index (χ1n) is 6.00. The van der Waals surface area contributed by atoms with Gasteiger partial charge in [0.25, 0.3) is 0 Å². The molecule has 3 nitrogen and oxygen atoms in total. The summed E-state index contributed by atoms with van der Waals surface area (Å²) < 4.78 is 27.2. The van der Waals surface area contributed by atoms with Crippen LogP contribution in [0.25, 0.3) is 0 Å². The van der Waals surface area contributed by atoms with E-state index in [0.717, 1.165) is 24.0 Å². The molecule has 0 spiro atoms. The van der Waals surface area contributed by atoms with Crippen LogP contribution in [0.4, 0.5) is 0 Å². The van der Waals surface area contributed by atoms with Gasteiger partial charge in [0, 0.05) is 6.04 Å². The van der Waals surface area contributed by atoms with E-state index >= 15 is 0 Å². The molecule has 0 radical (unpaired) electrons. The number of benzene rings is 1. The van der Waals surface area contributed by atoms with Crippen LogP contribution in [-0.2, 0) is 10.0 Å². The van der Waals surface area contributed by atoms with Crippen LogP contribution < -0.4 is 4.72 Å². The average Bonchev–Trinajstić information content (AvgIpc) is 2.29. The summed E-state index contributed by atoms with van der Waals surface area (Å²) in [5.74, 6) is 0. The minimum absolute atomic E-state index is 0.0138. The van der Waals surface area contributed by atoms with Gasteiger partial charge < -0.3 is 0 Å². The Balaban J connectivity index is 3.09. The summed E-state index contributed by atoms with van der Waals surface area (Å²) in [5, 5.41) is 0. The fraction of sp³-hybridized carbons (Fsp3) is 0.538. The monoisotopic (exact) mass is 255 g/mol. The molecule has 0 aliphatic carbocycles. The zero-order chi connectivity index (χ0) is 13.1. The molecule has 96 valence electrons. The van der Waals surface area contributed by atoms with E-state index in [2.05, 4.69) is 4.72 Å². The van der Waals surface area contributed by atoms with Crippen molar-refractivity contribution in [2.45, 2.75) is 51.5 Å². The molecule has 0 fully saturated rings. The molecule has 0 saturated carbocycles. The summed E-state index contributed by atoms with van der Waals surface area (Å²) in [7, 11) is -3.39. The van der Waals surface area contributed by atoms with Crippen molar-refractivity contribution < 1.29 is 8.42 Å². The van der Waals surface area contributed by atoms with E-state index in [1.807, 2.05) is 39.8 Å². The summed E-state index contributed by atoms with van der Waals surface area (Å²) in [4.78, 5) is 0.393. The molecule has 0 aliphatic rings. The Kier molecular flexibility index (Phi) is 4.71. The highest BCUT2D eigenvalue weighted by molar-refractivity contribution is 7.89. The first kappa shape index (κ1) is 14.2. The fourth-order valence-corrected chi connectivity index (χ4v) is 3.47. The van der Waals surface area contributed by atoms with Gasteiger partial charge in [-0.15, -0.1) is 0 Å². The van der Waals surface area contributed by atoms with Crippen molar-refractivity contribution in [1.82, 2.24) is 4.72 Å². The molecule has 0 bridgehead atoms. The third-order valence-corrected chi connectivity index (χ3v) is 4.60. The van der Waals surface area contributed by atoms with Crippen LogP contribution in [0.1, 0.15) is 37.8 Å². The Morgan fingerprint density at radius 1 is 1.18 bits per heavy atom. The van der Waals surface area contributed by atoms with Crippen molar-refractivity contribution in [2.24, 2.45) is 0 Å². The second-order valence-corrected chi connectivity index (χ2v) is 6.09. The lowest BCUT2D eigenvalue weighted by Gasteiger charge is -2.16. The molecule has 0 unspecified atom stereocenters. The summed E-state index contributed by atoms with van der Waals surface area (Å²) >= 11 is 0. The second kappa shape index (κ2) is 5.65. The number of sulfonamides is 1. The maximum absolute atomic E-state index is 12.2. The van der Waals surface area contributed by atoms with E-state index in [9.17, 15) is 8.42 Å². The third-order valence-electron chi connectivity index (χ3n) is 2.94. The van der Waals surface area contributed by atoms with Crippen LogP contribution in [0, 0.1) is 13.8 Å². The van der Waals surface area contributed by atoms with Gasteiger partial charge in [-0.25, -0.2) is 13.1 Å². The highest BCUT2D eigenvalue weighted by Crippen LogP contribution is 2.17. The first-order valence-corrected chi connectivity index (χ1v) is 7.48. The molecule has 1 N–H and O–H groups in total. The number of rotatable bonds is 5. The Morgan fingerprint density at radius 2 is 1.76 bits per heavy atom. The normalized spacial score (nSPS) is 12.1. The van der Waals surface area contributed by atoms with Crippen molar-refractivity contribution in [3.05, 3.63) is 29.3 Å². The minimum Gasteiger partial charge on any atom is -0.208 e. The maximum Gasteiger partial charge on any atom is 0.241 e. The van der Waals surface area contributed by atoms with Crippen LogP contribution in [0.15, 0.2) is 23.1 Å². The quantitative estimate of drug-likeness (QED) is 0.879. The van der Waals surface area contributed by atoms with Crippen LogP contribution in [-0.4, -0.2) is 14.5 Å². The van der Waals surface area contributed by atoms with Gasteiger partial charge in [0.05, 0.1) is 4.90 Å². The second-order valence-electron chi connectivity index (χ2n) is 4.40. The minimum atomic E-state index is -3.39. The molecular weight excluding hydrogens is 234 g/mol. The topological polar surface area (TPSA) is 46.2 Å². The molecule has 1 aromatic rings. The van der Waals surface area contributed by atoms with Crippen LogP contribution in [0.2, 0.25) is 0 Å². The van der Waals surface area contributed by atoms with E-state index in [0.29, 0.717) is 4.90 Å². The molecule has 0 atom stereocenters. The van der Waals surface area contributed by atoms with Crippen LogP contribution in [0.5, 0.6) is 0 Å². The molecule has 1 rings (SSSR count). The highest BCUT2D eigenvalue weighted by Gasteiger charge is 2.19. The molecular formula is C13H21NO2S. The third kappa shape index (κ3) is 3.54. The summed E-state index contributed by atoms with van der Waals surface area (Å²) in [6, 6.07) is 5.50. The predicted octanol–water partition coefficient (Wildman–Crippen LogP) is 2.77. The van der Waals surface area contributed by atoms with Gasteiger partial charge in [0.1, 0.15) is 0 Å². The number of hydrogen-bond acceptors (Lipinski definition) is 2. The van der Waals surface area contributed by atoms with Gasteiger partial charge in [0.15, 0.2) is 0 Å². The Hall–Kier alpha value is -0.870. The fourth-order valence-electron chi connectivity index (χ4n) is 1.74. The zero-order valence-corrected chi connectivity index (χ0v) is 11.8. The maximum atomic E-state index is 12.2. The summed E-state index contributed by atoms with van der Waals surface area (Å²) in [6.45, 7) is 7.69. The molecule has 0 saturated heterocycles. The standard InChI is InChI=1S/C13H21NO2S/c1-5-12(6-2)14-17(15,16)13-9-10(3)7-8-11(13)4/h7-9,12,14H,5-6H2,1-4H3. The molecule has 0 amide bonds. The van der Waals surface area contributed by atoms with E-state index in [4.69, 9.17) is 0 Å². The Bertz CT molecular complexity index is 476. The molecule has 4 heteroatoms. The lowest BCUT2D eigenvalue weighted by Crippen LogP contribution is -2.34. The van der Waals surface area contributed by atoms with E-state index < -0.39 is 10.0 Å². The van der Waals surface area contributed by atoms with Gasteiger partial charge in [-0.3, -0.25) is 0 Å². The molecule has 1 aromatic carbocycles. The first-order chi connectivity index (χ1) is 7.90. The van der Waals surface area contributed by atoms with Crippen LogP contribution >= 0.6 is 0 Å². The number of nitrogens with one attached hydrogen (secondary N) is 1. The lowest BCUT2D eigenvalue weighted by atomic mass is 10.2. The lowest BCUT2D eigenvalue weighted by molar-refractivity contribution is 0.530. The van der Waals surface area contributed by atoms with Gasteiger partial charge >= 0.3 is 0 Å². The van der Waals surface area contributed by atoms with Crippen molar-refractivity contribution in [3.8, 4) is 0 Å². The van der Waals surface area contributed by atoms with Crippen molar-refractivity contribution >= 4 is 10.0 Å². The predicted molar refractivity (Wildman–Crippen MR) is 70.6 cm³/mol. The zero-order valence-electron chi connectivity index (χ0n) is 10.9. The molecule has 0 aliphatic heterocycles. The van der Waals surface area contributed by atoms with Crippen molar-refractivity contribution in [2.75, 3.05) is 0 Å². The smallest absolute Gasteiger partial charge is 0.208 e.